The van der Waals surface area contributed by atoms with Crippen molar-refractivity contribution in [1.82, 2.24) is 0 Å². The van der Waals surface area contributed by atoms with Crippen molar-refractivity contribution in [3.05, 3.63) is 28.7 Å². The molecular weight excluding hydrogens is 169 g/mol. The van der Waals surface area contributed by atoms with Crippen molar-refractivity contribution in [1.29, 1.82) is 0 Å². The topological polar surface area (TPSA) is 20.2 Å². The van der Waals surface area contributed by atoms with E-state index >= 15 is 0 Å². The van der Waals surface area contributed by atoms with E-state index in [2.05, 4.69) is 15.9 Å². The van der Waals surface area contributed by atoms with Crippen LogP contribution in [-0.2, 0) is 0 Å². The lowest BCUT2D eigenvalue weighted by atomic mass is 10.5. The van der Waals surface area contributed by atoms with E-state index in [1.807, 2.05) is 6.07 Å². The fraction of sp³-hybridized carbons (Fsp3) is 0. The molecule has 8 heavy (non-hydrogen) atoms. The number of rotatable bonds is 0. The Morgan fingerprint density at radius 2 is 1.88 bits per heavy atom. The molecule has 0 saturated carbocycles. The van der Waals surface area contributed by atoms with E-state index in [0.717, 1.165) is 4.47 Å². The molecule has 0 saturated heterocycles. The Kier molecular flexibility index (Phi) is 1.53. The SMILES string of the molecule is O[13c]1ccccc1Br. The summed E-state index contributed by atoms with van der Waals surface area (Å²) in [6, 6.07) is 7.04. The first-order valence-corrected chi connectivity index (χ1v) is 3.03. The summed E-state index contributed by atoms with van der Waals surface area (Å²) >= 11 is 3.15. The van der Waals surface area contributed by atoms with Crippen LogP contribution in [0.25, 0.3) is 0 Å². The zero-order valence-corrected chi connectivity index (χ0v) is 5.72. The van der Waals surface area contributed by atoms with Crippen molar-refractivity contribution in [3.63, 3.8) is 0 Å². The van der Waals surface area contributed by atoms with Crippen LogP contribution >= 0.6 is 15.9 Å². The molecule has 0 aliphatic carbocycles. The Hall–Kier alpha value is -0.500. The highest BCUT2D eigenvalue weighted by Gasteiger charge is 1.89. The largest absolute Gasteiger partial charge is 0.507 e. The number of phenols is 1. The molecule has 0 spiro atoms. The van der Waals surface area contributed by atoms with Crippen molar-refractivity contribution in [2.45, 2.75) is 0 Å². The van der Waals surface area contributed by atoms with Crippen LogP contribution in [0.1, 0.15) is 0 Å². The normalized spacial score (nSPS) is 9.12. The van der Waals surface area contributed by atoms with Gasteiger partial charge in [0.2, 0.25) is 0 Å². The van der Waals surface area contributed by atoms with Gasteiger partial charge < -0.3 is 5.11 Å². The summed E-state index contributed by atoms with van der Waals surface area (Å²) in [5.41, 5.74) is 0. The quantitative estimate of drug-likeness (QED) is 0.638. The molecule has 0 radical (unpaired) electrons. The van der Waals surface area contributed by atoms with E-state index in [1.165, 1.54) is 0 Å². The molecule has 1 aromatic rings. The molecule has 0 bridgehead atoms. The van der Waals surface area contributed by atoms with Crippen molar-refractivity contribution in [2.24, 2.45) is 0 Å². The molecule has 0 aliphatic rings. The fourth-order valence-corrected chi connectivity index (χ4v) is 0.737. The van der Waals surface area contributed by atoms with E-state index < -0.39 is 0 Å². The Morgan fingerprint density at radius 1 is 1.25 bits per heavy atom. The summed E-state index contributed by atoms with van der Waals surface area (Å²) in [5.74, 6) is 0.285. The minimum atomic E-state index is 0.285. The summed E-state index contributed by atoms with van der Waals surface area (Å²) in [6.45, 7) is 0. The second-order valence-corrected chi connectivity index (χ2v) is 2.31. The Bertz CT molecular complexity index is 165. The van der Waals surface area contributed by atoms with Crippen molar-refractivity contribution >= 4 is 15.9 Å². The molecule has 0 aliphatic heterocycles. The van der Waals surface area contributed by atoms with Crippen molar-refractivity contribution < 1.29 is 5.11 Å². The van der Waals surface area contributed by atoms with Gasteiger partial charge >= 0.3 is 0 Å². The van der Waals surface area contributed by atoms with E-state index in [1.54, 1.807) is 18.2 Å². The zero-order valence-electron chi connectivity index (χ0n) is 4.13. The van der Waals surface area contributed by atoms with Gasteiger partial charge in [0.25, 0.3) is 0 Å². The van der Waals surface area contributed by atoms with Crippen molar-refractivity contribution in [2.75, 3.05) is 0 Å². The van der Waals surface area contributed by atoms with Crippen LogP contribution in [0.4, 0.5) is 0 Å². The Morgan fingerprint density at radius 3 is 2.25 bits per heavy atom. The molecule has 42 valence electrons. The summed E-state index contributed by atoms with van der Waals surface area (Å²) in [4.78, 5) is 0. The first kappa shape index (κ1) is 5.63. The van der Waals surface area contributed by atoms with Crippen LogP contribution in [-0.4, -0.2) is 5.11 Å². The Balaban J connectivity index is 3.13. The molecular formula is C6H5BrO. The van der Waals surface area contributed by atoms with Crippen molar-refractivity contribution in [3.8, 4) is 5.75 Å². The lowest BCUT2D eigenvalue weighted by Gasteiger charge is -1.90. The van der Waals surface area contributed by atoms with E-state index in [9.17, 15) is 0 Å². The third-order valence-corrected chi connectivity index (χ3v) is 1.52. The molecule has 0 unspecified atom stereocenters. The molecule has 0 atom stereocenters. The van der Waals surface area contributed by atoms with Crippen LogP contribution in [0.3, 0.4) is 0 Å². The van der Waals surface area contributed by atoms with Gasteiger partial charge in [-0.2, -0.15) is 0 Å². The third-order valence-electron chi connectivity index (χ3n) is 0.852. The number of para-hydroxylation sites is 1. The van der Waals surface area contributed by atoms with Gasteiger partial charge in [-0.25, -0.2) is 0 Å². The van der Waals surface area contributed by atoms with Gasteiger partial charge in [-0.1, -0.05) is 12.1 Å². The molecule has 1 N–H and O–H groups in total. The lowest BCUT2D eigenvalue weighted by molar-refractivity contribution is 0.472. The number of hydrogen-bond acceptors (Lipinski definition) is 1. The highest BCUT2D eigenvalue weighted by atomic mass is 79.9. The van der Waals surface area contributed by atoms with E-state index in [0.29, 0.717) is 0 Å². The number of hydrogen-bond donors (Lipinski definition) is 1. The average Bonchev–Trinajstić information content (AvgIpc) is 1.77. The Labute approximate surface area is 56.1 Å². The molecule has 2 heteroatoms. The highest BCUT2D eigenvalue weighted by molar-refractivity contribution is 9.10. The van der Waals surface area contributed by atoms with Crippen LogP contribution in [0.5, 0.6) is 5.75 Å². The third kappa shape index (κ3) is 1.01. The molecule has 1 aromatic carbocycles. The smallest absolute Gasteiger partial charge is 0.129 e. The minimum absolute atomic E-state index is 0.285. The fourth-order valence-electron chi connectivity index (χ4n) is 0.452. The van der Waals surface area contributed by atoms with Gasteiger partial charge in [0.15, 0.2) is 0 Å². The zero-order chi connectivity index (χ0) is 5.98. The molecule has 0 heterocycles. The number of phenolic OH excluding ortho intramolecular Hbond substituents is 1. The summed E-state index contributed by atoms with van der Waals surface area (Å²) in [6.07, 6.45) is 0. The van der Waals surface area contributed by atoms with Crippen LogP contribution in [0, 0.1) is 0 Å². The standard InChI is InChI=1S/C6H5BrO/c7-5-3-1-2-4-6(5)8/h1-4,8H/i6+1. The second-order valence-electron chi connectivity index (χ2n) is 1.45. The van der Waals surface area contributed by atoms with Crippen LogP contribution in [0.2, 0.25) is 0 Å². The van der Waals surface area contributed by atoms with Gasteiger partial charge in [-0.3, -0.25) is 0 Å². The van der Waals surface area contributed by atoms with Gasteiger partial charge in [-0.15, -0.1) is 0 Å². The molecule has 1 rings (SSSR count). The summed E-state index contributed by atoms with van der Waals surface area (Å²) in [5, 5.41) is 8.87. The van der Waals surface area contributed by atoms with Crippen LogP contribution in [0.15, 0.2) is 28.7 Å². The maximum absolute atomic E-state index is 8.87. The van der Waals surface area contributed by atoms with E-state index in [-0.39, 0.29) is 5.75 Å². The first-order valence-electron chi connectivity index (χ1n) is 2.24. The lowest BCUT2D eigenvalue weighted by Crippen LogP contribution is -1.63. The number of aromatic hydroxyl groups is 1. The maximum Gasteiger partial charge on any atom is 0.129 e. The predicted octanol–water partition coefficient (Wildman–Crippen LogP) is 2.15. The second kappa shape index (κ2) is 2.18. The average molecular weight is 174 g/mol. The molecule has 0 amide bonds. The molecule has 1 nitrogen and oxygen atoms in total. The summed E-state index contributed by atoms with van der Waals surface area (Å²) < 4.78 is 0.736. The monoisotopic (exact) mass is 173 g/mol. The predicted molar refractivity (Wildman–Crippen MR) is 35.8 cm³/mol. The van der Waals surface area contributed by atoms with Gasteiger partial charge in [0, 0.05) is 0 Å². The maximum atomic E-state index is 8.87. The van der Waals surface area contributed by atoms with E-state index in [4.69, 9.17) is 5.11 Å². The number of halogens is 1. The van der Waals surface area contributed by atoms with Gasteiger partial charge in [0.05, 0.1) is 4.47 Å². The molecule has 0 aromatic heterocycles. The van der Waals surface area contributed by atoms with Gasteiger partial charge in [-0.05, 0) is 28.1 Å². The van der Waals surface area contributed by atoms with Gasteiger partial charge in [0.1, 0.15) is 5.75 Å². The minimum Gasteiger partial charge on any atom is -0.507 e. The number of benzene rings is 1. The first-order chi connectivity index (χ1) is 3.80. The highest BCUT2D eigenvalue weighted by Crippen LogP contribution is 2.21. The van der Waals surface area contributed by atoms with Crippen LogP contribution < -0.4 is 0 Å². The summed E-state index contributed by atoms with van der Waals surface area (Å²) in [7, 11) is 0. The molecule has 0 fully saturated rings.